The minimum atomic E-state index is -2.78. The number of alkyl halides is 2. The molecular formula is C14H15ClF2N2OS. The van der Waals surface area contributed by atoms with Gasteiger partial charge >= 0.3 is 0 Å². The van der Waals surface area contributed by atoms with Gasteiger partial charge in [-0.1, -0.05) is 18.2 Å². The summed E-state index contributed by atoms with van der Waals surface area (Å²) in [5, 5.41) is 8.37. The molecule has 1 unspecified atom stereocenters. The lowest BCUT2D eigenvalue weighted by Crippen LogP contribution is -2.39. The number of carbonyl (C=O) groups is 1. The van der Waals surface area contributed by atoms with E-state index in [0.29, 0.717) is 6.54 Å². The first kappa shape index (κ1) is 16.1. The Morgan fingerprint density at radius 1 is 1.43 bits per heavy atom. The molecule has 3 nitrogen and oxygen atoms in total. The van der Waals surface area contributed by atoms with E-state index in [4.69, 9.17) is 0 Å². The number of hydrogen-bond acceptors (Lipinski definition) is 3. The summed E-state index contributed by atoms with van der Waals surface area (Å²) in [6, 6.07) is 7.13. The minimum absolute atomic E-state index is 0. The number of amides is 1. The Morgan fingerprint density at radius 2 is 2.19 bits per heavy atom. The minimum Gasteiger partial charge on any atom is -0.351 e. The summed E-state index contributed by atoms with van der Waals surface area (Å²) >= 11 is 1.61. The number of benzene rings is 1. The van der Waals surface area contributed by atoms with Gasteiger partial charge in [0.1, 0.15) is 0 Å². The van der Waals surface area contributed by atoms with Crippen molar-refractivity contribution in [3.63, 3.8) is 0 Å². The Bertz CT molecular complexity index is 647. The van der Waals surface area contributed by atoms with E-state index in [9.17, 15) is 13.6 Å². The van der Waals surface area contributed by atoms with E-state index >= 15 is 0 Å². The molecular weight excluding hydrogens is 318 g/mol. The molecule has 1 aliphatic heterocycles. The molecule has 1 atom stereocenters. The zero-order chi connectivity index (χ0) is 14.2. The van der Waals surface area contributed by atoms with Crippen LogP contribution in [0, 0.1) is 0 Å². The molecule has 2 aromatic rings. The second kappa shape index (κ2) is 6.25. The SMILES string of the molecule is Cl.O=C(NCc1csc2ccccc12)C1CC(F)(F)CN1. The molecule has 0 saturated carbocycles. The topological polar surface area (TPSA) is 41.1 Å². The predicted octanol–water partition coefficient (Wildman–Crippen LogP) is 2.94. The molecule has 114 valence electrons. The van der Waals surface area contributed by atoms with Gasteiger partial charge in [-0.2, -0.15) is 0 Å². The third kappa shape index (κ3) is 3.51. The molecule has 1 aromatic heterocycles. The van der Waals surface area contributed by atoms with E-state index < -0.39 is 24.9 Å². The molecule has 0 aliphatic carbocycles. The van der Waals surface area contributed by atoms with Crippen molar-refractivity contribution in [3.05, 3.63) is 35.2 Å². The Morgan fingerprint density at radius 3 is 2.90 bits per heavy atom. The maximum absolute atomic E-state index is 13.0. The van der Waals surface area contributed by atoms with E-state index in [0.717, 1.165) is 15.6 Å². The number of hydrogen-bond donors (Lipinski definition) is 2. The van der Waals surface area contributed by atoms with Gasteiger partial charge in [0.15, 0.2) is 0 Å². The fraction of sp³-hybridized carbons (Fsp3) is 0.357. The van der Waals surface area contributed by atoms with Crippen molar-refractivity contribution in [1.29, 1.82) is 0 Å². The highest BCUT2D eigenvalue weighted by Gasteiger charge is 2.42. The van der Waals surface area contributed by atoms with Crippen molar-refractivity contribution in [2.45, 2.75) is 24.9 Å². The van der Waals surface area contributed by atoms with Gasteiger partial charge in [0.05, 0.1) is 12.6 Å². The lowest BCUT2D eigenvalue weighted by molar-refractivity contribution is -0.123. The van der Waals surface area contributed by atoms with Gasteiger partial charge in [-0.25, -0.2) is 8.78 Å². The van der Waals surface area contributed by atoms with Crippen LogP contribution in [0.15, 0.2) is 29.6 Å². The summed E-state index contributed by atoms with van der Waals surface area (Å²) in [7, 11) is 0. The van der Waals surface area contributed by atoms with Crippen molar-refractivity contribution in [2.24, 2.45) is 0 Å². The van der Waals surface area contributed by atoms with E-state index in [1.807, 2.05) is 29.6 Å². The van der Waals surface area contributed by atoms with Crippen LogP contribution in [0.4, 0.5) is 8.78 Å². The lowest BCUT2D eigenvalue weighted by atomic mass is 10.1. The van der Waals surface area contributed by atoms with Crippen LogP contribution in [-0.4, -0.2) is 24.4 Å². The highest BCUT2D eigenvalue weighted by Crippen LogP contribution is 2.27. The van der Waals surface area contributed by atoms with E-state index in [-0.39, 0.29) is 18.3 Å². The van der Waals surface area contributed by atoms with E-state index in [1.54, 1.807) is 11.3 Å². The number of fused-ring (bicyclic) bond motifs is 1. The van der Waals surface area contributed by atoms with Gasteiger partial charge in [-0.05, 0) is 22.4 Å². The number of nitrogens with one attached hydrogen (secondary N) is 2. The van der Waals surface area contributed by atoms with Gasteiger partial charge in [0.2, 0.25) is 5.91 Å². The average Bonchev–Trinajstić information content (AvgIpc) is 2.99. The molecule has 2 heterocycles. The molecule has 1 fully saturated rings. The molecule has 1 saturated heterocycles. The van der Waals surface area contributed by atoms with Crippen molar-refractivity contribution in [3.8, 4) is 0 Å². The van der Waals surface area contributed by atoms with Crippen LogP contribution in [0.5, 0.6) is 0 Å². The first-order valence-corrected chi connectivity index (χ1v) is 7.27. The molecule has 1 aromatic carbocycles. The van der Waals surface area contributed by atoms with Crippen LogP contribution < -0.4 is 10.6 Å². The predicted molar refractivity (Wildman–Crippen MR) is 82.3 cm³/mol. The molecule has 3 rings (SSSR count). The standard InChI is InChI=1S/C14H14F2N2OS.ClH/c15-14(16)5-11(18-8-14)13(19)17-6-9-7-20-12-4-2-1-3-10(9)12;/h1-4,7,11,18H,5-6,8H2,(H,17,19);1H. The van der Waals surface area contributed by atoms with Gasteiger partial charge in [0, 0.05) is 17.7 Å². The maximum Gasteiger partial charge on any atom is 0.262 e. The highest BCUT2D eigenvalue weighted by molar-refractivity contribution is 7.17. The van der Waals surface area contributed by atoms with Crippen LogP contribution in [0.2, 0.25) is 0 Å². The number of carbonyl (C=O) groups excluding carboxylic acids is 1. The second-order valence-corrected chi connectivity index (χ2v) is 5.88. The lowest BCUT2D eigenvalue weighted by Gasteiger charge is -2.10. The molecule has 0 bridgehead atoms. The summed E-state index contributed by atoms with van der Waals surface area (Å²) in [5.41, 5.74) is 1.02. The van der Waals surface area contributed by atoms with Crippen LogP contribution in [0.3, 0.4) is 0 Å². The van der Waals surface area contributed by atoms with E-state index in [2.05, 4.69) is 10.6 Å². The Balaban J connectivity index is 0.00000161. The Labute approximate surface area is 131 Å². The summed E-state index contributed by atoms with van der Waals surface area (Å²) in [4.78, 5) is 11.9. The molecule has 1 aliphatic rings. The van der Waals surface area contributed by atoms with Crippen LogP contribution in [-0.2, 0) is 11.3 Å². The van der Waals surface area contributed by atoms with Crippen molar-refractivity contribution >= 4 is 39.7 Å². The molecule has 1 amide bonds. The normalized spacial score (nSPS) is 20.2. The molecule has 2 N–H and O–H groups in total. The summed E-state index contributed by atoms with van der Waals surface area (Å²) in [5.74, 6) is -3.14. The fourth-order valence-electron chi connectivity index (χ4n) is 2.38. The van der Waals surface area contributed by atoms with Crippen LogP contribution in [0.25, 0.3) is 10.1 Å². The van der Waals surface area contributed by atoms with E-state index in [1.165, 1.54) is 0 Å². The number of rotatable bonds is 3. The summed E-state index contributed by atoms with van der Waals surface area (Å²) in [6.07, 6.45) is -0.427. The summed E-state index contributed by atoms with van der Waals surface area (Å²) < 4.78 is 27.2. The highest BCUT2D eigenvalue weighted by atomic mass is 35.5. The van der Waals surface area contributed by atoms with Gasteiger partial charge < -0.3 is 5.32 Å². The first-order chi connectivity index (χ1) is 9.55. The fourth-order valence-corrected chi connectivity index (χ4v) is 3.34. The molecule has 21 heavy (non-hydrogen) atoms. The Hall–Kier alpha value is -1.24. The molecule has 0 spiro atoms. The maximum atomic E-state index is 13.0. The molecule has 7 heteroatoms. The number of thiophene rings is 1. The van der Waals surface area contributed by atoms with Crippen LogP contribution >= 0.6 is 23.7 Å². The monoisotopic (exact) mass is 332 g/mol. The Kier molecular flexibility index (Phi) is 4.81. The summed E-state index contributed by atoms with van der Waals surface area (Å²) in [6.45, 7) is -0.0565. The average molecular weight is 333 g/mol. The molecule has 0 radical (unpaired) electrons. The smallest absolute Gasteiger partial charge is 0.262 e. The van der Waals surface area contributed by atoms with Crippen molar-refractivity contribution < 1.29 is 13.6 Å². The van der Waals surface area contributed by atoms with Gasteiger partial charge in [-0.3, -0.25) is 10.1 Å². The van der Waals surface area contributed by atoms with Crippen molar-refractivity contribution in [2.75, 3.05) is 6.54 Å². The third-order valence-electron chi connectivity index (χ3n) is 3.44. The van der Waals surface area contributed by atoms with Crippen molar-refractivity contribution in [1.82, 2.24) is 10.6 Å². The van der Waals surface area contributed by atoms with Gasteiger partial charge in [-0.15, -0.1) is 23.7 Å². The zero-order valence-corrected chi connectivity index (χ0v) is 12.7. The van der Waals surface area contributed by atoms with Gasteiger partial charge in [0.25, 0.3) is 5.92 Å². The number of halogens is 3. The quantitative estimate of drug-likeness (QED) is 0.907. The third-order valence-corrected chi connectivity index (χ3v) is 4.45. The van der Waals surface area contributed by atoms with Crippen LogP contribution in [0.1, 0.15) is 12.0 Å². The zero-order valence-electron chi connectivity index (χ0n) is 11.1. The second-order valence-electron chi connectivity index (χ2n) is 4.97. The first-order valence-electron chi connectivity index (χ1n) is 6.39. The largest absolute Gasteiger partial charge is 0.351 e.